The molecule has 0 fully saturated rings. The first-order chi connectivity index (χ1) is 8.00. The van der Waals surface area contributed by atoms with Crippen LogP contribution in [0.3, 0.4) is 0 Å². The highest BCUT2D eigenvalue weighted by Crippen LogP contribution is 2.25. The average molecular weight is 230 g/mol. The van der Waals surface area contributed by atoms with Crippen LogP contribution in [-0.2, 0) is 7.05 Å². The number of hydrogen-bond acceptors (Lipinski definition) is 2. The van der Waals surface area contributed by atoms with E-state index in [2.05, 4.69) is 5.10 Å². The van der Waals surface area contributed by atoms with E-state index in [0.717, 1.165) is 11.1 Å². The summed E-state index contributed by atoms with van der Waals surface area (Å²) in [6.07, 6.45) is 1.38. The van der Waals surface area contributed by atoms with E-state index in [0.29, 0.717) is 5.69 Å². The van der Waals surface area contributed by atoms with E-state index in [1.807, 2.05) is 32.0 Å². The van der Waals surface area contributed by atoms with Crippen LogP contribution in [0.25, 0.3) is 11.3 Å². The Balaban J connectivity index is 2.63. The quantitative estimate of drug-likeness (QED) is 0.861. The van der Waals surface area contributed by atoms with Crippen LogP contribution in [0.15, 0.2) is 24.4 Å². The summed E-state index contributed by atoms with van der Waals surface area (Å²) < 4.78 is 1.59. The van der Waals surface area contributed by atoms with Crippen LogP contribution in [0.2, 0.25) is 0 Å². The van der Waals surface area contributed by atoms with Crippen LogP contribution in [0.5, 0.6) is 0 Å². The van der Waals surface area contributed by atoms with Crippen molar-refractivity contribution >= 4 is 5.97 Å². The largest absolute Gasteiger partial charge is 0.478 e. The summed E-state index contributed by atoms with van der Waals surface area (Å²) in [4.78, 5) is 11.1. The summed E-state index contributed by atoms with van der Waals surface area (Å²) in [5, 5.41) is 13.1. The second-order valence-corrected chi connectivity index (χ2v) is 4.13. The first-order valence-corrected chi connectivity index (χ1v) is 5.33. The lowest BCUT2D eigenvalue weighted by atomic mass is 10.0. The second kappa shape index (κ2) is 4.05. The van der Waals surface area contributed by atoms with Gasteiger partial charge in [-0.05, 0) is 31.0 Å². The van der Waals surface area contributed by atoms with Gasteiger partial charge in [-0.3, -0.25) is 4.68 Å². The zero-order valence-corrected chi connectivity index (χ0v) is 10.1. The molecule has 2 aromatic rings. The van der Waals surface area contributed by atoms with Crippen molar-refractivity contribution in [1.29, 1.82) is 0 Å². The molecule has 0 spiro atoms. The lowest BCUT2D eigenvalue weighted by Crippen LogP contribution is -2.01. The van der Waals surface area contributed by atoms with Crippen LogP contribution < -0.4 is 0 Å². The van der Waals surface area contributed by atoms with Gasteiger partial charge in [0.25, 0.3) is 0 Å². The van der Waals surface area contributed by atoms with Crippen LogP contribution in [-0.4, -0.2) is 20.9 Å². The number of nitrogens with zero attached hydrogens (tertiary/aromatic N) is 2. The molecule has 0 bridgehead atoms. The van der Waals surface area contributed by atoms with Crippen molar-refractivity contribution in [2.24, 2.45) is 7.05 Å². The third kappa shape index (κ3) is 1.93. The SMILES string of the molecule is Cc1ccc(-c2c(C(=O)O)cnn2C)cc1C. The highest BCUT2D eigenvalue weighted by molar-refractivity contribution is 5.94. The fraction of sp³-hybridized carbons (Fsp3) is 0.231. The van der Waals surface area contributed by atoms with Gasteiger partial charge in [-0.1, -0.05) is 12.1 Å². The van der Waals surface area contributed by atoms with Crippen molar-refractivity contribution in [3.63, 3.8) is 0 Å². The minimum Gasteiger partial charge on any atom is -0.478 e. The molecule has 0 radical (unpaired) electrons. The summed E-state index contributed by atoms with van der Waals surface area (Å²) in [6.45, 7) is 4.04. The molecule has 17 heavy (non-hydrogen) atoms. The molecule has 4 nitrogen and oxygen atoms in total. The minimum absolute atomic E-state index is 0.232. The molecule has 0 saturated heterocycles. The third-order valence-corrected chi connectivity index (χ3v) is 2.95. The van der Waals surface area contributed by atoms with Gasteiger partial charge in [0.2, 0.25) is 0 Å². The number of carboxylic acid groups (broad SMARTS) is 1. The third-order valence-electron chi connectivity index (χ3n) is 2.95. The number of rotatable bonds is 2. The summed E-state index contributed by atoms with van der Waals surface area (Å²) >= 11 is 0. The Morgan fingerprint density at radius 2 is 2.00 bits per heavy atom. The smallest absolute Gasteiger partial charge is 0.339 e. The van der Waals surface area contributed by atoms with Crippen molar-refractivity contribution in [2.75, 3.05) is 0 Å². The maximum Gasteiger partial charge on any atom is 0.339 e. The van der Waals surface area contributed by atoms with Gasteiger partial charge in [-0.25, -0.2) is 4.79 Å². The van der Waals surface area contributed by atoms with Crippen molar-refractivity contribution in [1.82, 2.24) is 9.78 Å². The molecule has 1 aromatic carbocycles. The Morgan fingerprint density at radius 1 is 1.29 bits per heavy atom. The molecule has 0 saturated carbocycles. The summed E-state index contributed by atoms with van der Waals surface area (Å²) in [6, 6.07) is 5.90. The Bertz CT molecular complexity index is 585. The number of hydrogen-bond donors (Lipinski definition) is 1. The van der Waals surface area contributed by atoms with E-state index >= 15 is 0 Å². The van der Waals surface area contributed by atoms with Gasteiger partial charge in [-0.15, -0.1) is 0 Å². The first-order valence-electron chi connectivity index (χ1n) is 5.33. The zero-order chi connectivity index (χ0) is 12.6. The predicted molar refractivity (Wildman–Crippen MR) is 65.1 cm³/mol. The Hall–Kier alpha value is -2.10. The van der Waals surface area contributed by atoms with Crippen molar-refractivity contribution < 1.29 is 9.90 Å². The molecule has 88 valence electrons. The maximum absolute atomic E-state index is 11.1. The molecule has 0 aliphatic rings. The zero-order valence-electron chi connectivity index (χ0n) is 10.1. The van der Waals surface area contributed by atoms with Gasteiger partial charge in [0.15, 0.2) is 0 Å². The fourth-order valence-electron chi connectivity index (χ4n) is 1.83. The standard InChI is InChI=1S/C13H14N2O2/c1-8-4-5-10(6-9(8)2)12-11(13(16)17)7-14-15(12)3/h4-7H,1-3H3,(H,16,17). The lowest BCUT2D eigenvalue weighted by molar-refractivity contribution is 0.0697. The van der Waals surface area contributed by atoms with Gasteiger partial charge >= 0.3 is 5.97 Å². The number of aromatic nitrogens is 2. The molecule has 0 aliphatic carbocycles. The van der Waals surface area contributed by atoms with Gasteiger partial charge < -0.3 is 5.11 Å². The Kier molecular flexibility index (Phi) is 2.71. The topological polar surface area (TPSA) is 55.1 Å². The number of benzene rings is 1. The normalized spacial score (nSPS) is 10.5. The summed E-state index contributed by atoms with van der Waals surface area (Å²) in [7, 11) is 1.75. The van der Waals surface area contributed by atoms with Gasteiger partial charge in [0, 0.05) is 12.6 Å². The highest BCUT2D eigenvalue weighted by atomic mass is 16.4. The molecule has 0 amide bonds. The monoisotopic (exact) mass is 230 g/mol. The average Bonchev–Trinajstić information content (AvgIpc) is 2.64. The fourth-order valence-corrected chi connectivity index (χ4v) is 1.83. The number of aryl methyl sites for hydroxylation is 3. The molecular formula is C13H14N2O2. The number of carbonyl (C=O) groups is 1. The molecule has 1 N–H and O–H groups in total. The van der Waals surface area contributed by atoms with Gasteiger partial charge in [-0.2, -0.15) is 5.10 Å². The van der Waals surface area contributed by atoms with Crippen LogP contribution in [0.1, 0.15) is 21.5 Å². The Morgan fingerprint density at radius 3 is 2.59 bits per heavy atom. The van der Waals surface area contributed by atoms with E-state index in [1.165, 1.54) is 11.8 Å². The van der Waals surface area contributed by atoms with Crippen LogP contribution in [0, 0.1) is 13.8 Å². The lowest BCUT2D eigenvalue weighted by Gasteiger charge is -2.07. The summed E-state index contributed by atoms with van der Waals surface area (Å²) in [5.41, 5.74) is 4.08. The van der Waals surface area contributed by atoms with Crippen LogP contribution >= 0.6 is 0 Å². The van der Waals surface area contributed by atoms with Crippen molar-refractivity contribution in [2.45, 2.75) is 13.8 Å². The number of carboxylic acids is 1. The molecule has 0 unspecified atom stereocenters. The predicted octanol–water partition coefficient (Wildman–Crippen LogP) is 2.40. The molecule has 0 aliphatic heterocycles. The van der Waals surface area contributed by atoms with E-state index in [9.17, 15) is 4.79 Å². The van der Waals surface area contributed by atoms with Crippen LogP contribution in [0.4, 0.5) is 0 Å². The molecule has 1 heterocycles. The first kappa shape index (κ1) is 11.4. The van der Waals surface area contributed by atoms with E-state index < -0.39 is 5.97 Å². The van der Waals surface area contributed by atoms with E-state index in [4.69, 9.17) is 5.11 Å². The minimum atomic E-state index is -0.952. The summed E-state index contributed by atoms with van der Waals surface area (Å²) in [5.74, 6) is -0.952. The van der Waals surface area contributed by atoms with Crippen molar-refractivity contribution in [3.8, 4) is 11.3 Å². The molecular weight excluding hydrogens is 216 g/mol. The van der Waals surface area contributed by atoms with Gasteiger partial charge in [0.1, 0.15) is 5.56 Å². The van der Waals surface area contributed by atoms with E-state index in [1.54, 1.807) is 11.7 Å². The molecule has 2 rings (SSSR count). The molecule has 0 atom stereocenters. The highest BCUT2D eigenvalue weighted by Gasteiger charge is 2.16. The van der Waals surface area contributed by atoms with Gasteiger partial charge in [0.05, 0.1) is 11.9 Å². The maximum atomic E-state index is 11.1. The van der Waals surface area contributed by atoms with Crippen molar-refractivity contribution in [3.05, 3.63) is 41.1 Å². The Labute approximate surface area is 99.5 Å². The molecule has 4 heteroatoms. The second-order valence-electron chi connectivity index (χ2n) is 4.13. The molecule has 1 aromatic heterocycles. The number of aromatic carboxylic acids is 1. The van der Waals surface area contributed by atoms with E-state index in [-0.39, 0.29) is 5.56 Å².